The molecule has 3 aromatic rings. The lowest BCUT2D eigenvalue weighted by atomic mass is 10.2. The predicted octanol–water partition coefficient (Wildman–Crippen LogP) is 2.97. The Morgan fingerprint density at radius 1 is 1.12 bits per heavy atom. The van der Waals surface area contributed by atoms with Crippen molar-refractivity contribution in [3.05, 3.63) is 60.4 Å². The minimum atomic E-state index is -3.78. The summed E-state index contributed by atoms with van der Waals surface area (Å²) in [4.78, 5) is 12.1. The third kappa shape index (κ3) is 3.94. The van der Waals surface area contributed by atoms with Gasteiger partial charge in [-0.3, -0.25) is 9.52 Å². The molecule has 26 heavy (non-hydrogen) atoms. The van der Waals surface area contributed by atoms with Crippen molar-refractivity contribution < 1.29 is 13.2 Å². The summed E-state index contributed by atoms with van der Waals surface area (Å²) in [5, 5.41) is 8.46. The van der Waals surface area contributed by atoms with Gasteiger partial charge in [-0.15, -0.1) is 10.2 Å². The number of carbonyl (C=O) groups is 1. The number of sulfonamides is 1. The summed E-state index contributed by atoms with van der Waals surface area (Å²) < 4.78 is 29.7. The van der Waals surface area contributed by atoms with E-state index in [1.165, 1.54) is 43.0 Å². The quantitative estimate of drug-likeness (QED) is 0.653. The summed E-state index contributed by atoms with van der Waals surface area (Å²) in [6.07, 6.45) is 1.58. The molecule has 134 valence electrons. The van der Waals surface area contributed by atoms with Crippen molar-refractivity contribution in [1.29, 1.82) is 0 Å². The minimum absolute atomic E-state index is 0.0842. The van der Waals surface area contributed by atoms with Crippen LogP contribution in [0.15, 0.2) is 69.8 Å². The first-order chi connectivity index (χ1) is 12.4. The molecule has 3 rings (SSSR count). The molecule has 9 heteroatoms. The number of hydrogen-bond donors (Lipinski definition) is 1. The number of Topliss-reactive ketones (excluding diaryl/α,β-unsaturated/α-hetero) is 1. The van der Waals surface area contributed by atoms with Gasteiger partial charge in [0.15, 0.2) is 10.9 Å². The van der Waals surface area contributed by atoms with E-state index in [1.54, 1.807) is 29.1 Å². The smallest absolute Gasteiger partial charge is 0.261 e. The van der Waals surface area contributed by atoms with Gasteiger partial charge in [-0.25, -0.2) is 8.42 Å². The lowest BCUT2D eigenvalue weighted by Gasteiger charge is -2.12. The van der Waals surface area contributed by atoms with Gasteiger partial charge < -0.3 is 4.57 Å². The number of anilines is 1. The third-order valence-corrected chi connectivity index (χ3v) is 6.08. The average Bonchev–Trinajstić information content (AvgIpc) is 3.01. The maximum Gasteiger partial charge on any atom is 0.261 e. The van der Waals surface area contributed by atoms with Gasteiger partial charge in [-0.2, -0.15) is 0 Å². The highest BCUT2D eigenvalue weighted by molar-refractivity contribution is 7.99. The standard InChI is InChI=1S/C17H16N4O3S2/c1-12(22)13-7-9-14(10-8-13)26(23,24)20-15-5-3-4-6-16(15)25-17-19-18-11-21(17)2/h3-11,20H,1-2H3. The van der Waals surface area contributed by atoms with Crippen molar-refractivity contribution >= 4 is 33.3 Å². The number of benzene rings is 2. The summed E-state index contributed by atoms with van der Waals surface area (Å²) >= 11 is 1.31. The molecule has 0 aliphatic heterocycles. The molecule has 0 unspecified atom stereocenters. The number of aryl methyl sites for hydroxylation is 1. The summed E-state index contributed by atoms with van der Waals surface area (Å²) in [5.74, 6) is -0.118. The Hall–Kier alpha value is -2.65. The summed E-state index contributed by atoms with van der Waals surface area (Å²) in [5.41, 5.74) is 0.901. The number of nitrogens with one attached hydrogen (secondary N) is 1. The normalized spacial score (nSPS) is 11.3. The third-order valence-electron chi connectivity index (χ3n) is 3.57. The number of nitrogens with zero attached hydrogens (tertiary/aromatic N) is 3. The maximum absolute atomic E-state index is 12.7. The molecule has 0 fully saturated rings. The van der Waals surface area contributed by atoms with Gasteiger partial charge in [0.1, 0.15) is 6.33 Å². The zero-order valence-electron chi connectivity index (χ0n) is 14.1. The number of hydrogen-bond acceptors (Lipinski definition) is 6. The molecule has 0 aliphatic rings. The minimum Gasteiger partial charge on any atom is -0.311 e. The lowest BCUT2D eigenvalue weighted by Crippen LogP contribution is -2.13. The van der Waals surface area contributed by atoms with Crippen LogP contribution in [0.3, 0.4) is 0 Å². The van der Waals surface area contributed by atoms with Crippen LogP contribution < -0.4 is 4.72 Å². The number of ketones is 1. The second kappa shape index (κ2) is 7.30. The summed E-state index contributed by atoms with van der Waals surface area (Å²) in [7, 11) is -1.97. The van der Waals surface area contributed by atoms with E-state index in [0.717, 1.165) is 0 Å². The van der Waals surface area contributed by atoms with E-state index in [2.05, 4.69) is 14.9 Å². The summed E-state index contributed by atoms with van der Waals surface area (Å²) in [6, 6.07) is 12.9. The predicted molar refractivity (Wildman–Crippen MR) is 98.8 cm³/mol. The Balaban J connectivity index is 1.88. The molecule has 0 radical (unpaired) electrons. The second-order valence-electron chi connectivity index (χ2n) is 5.51. The van der Waals surface area contributed by atoms with Gasteiger partial charge in [0.25, 0.3) is 10.0 Å². The van der Waals surface area contributed by atoms with Gasteiger partial charge in [0.05, 0.1) is 10.6 Å². The van der Waals surface area contributed by atoms with Gasteiger partial charge in [0, 0.05) is 17.5 Å². The second-order valence-corrected chi connectivity index (χ2v) is 8.20. The topological polar surface area (TPSA) is 93.9 Å². The molecule has 2 aromatic carbocycles. The molecule has 0 aliphatic carbocycles. The van der Waals surface area contributed by atoms with E-state index in [0.29, 0.717) is 21.3 Å². The number of aromatic nitrogens is 3. The Kier molecular flexibility index (Phi) is 5.10. The van der Waals surface area contributed by atoms with Crippen molar-refractivity contribution in [1.82, 2.24) is 14.8 Å². The fraction of sp³-hybridized carbons (Fsp3) is 0.118. The fourth-order valence-electron chi connectivity index (χ4n) is 2.18. The molecule has 0 saturated heterocycles. The van der Waals surface area contributed by atoms with Crippen LogP contribution in [-0.2, 0) is 17.1 Å². The molecular weight excluding hydrogens is 372 g/mol. The Morgan fingerprint density at radius 2 is 1.81 bits per heavy atom. The van der Waals surface area contributed by atoms with Gasteiger partial charge >= 0.3 is 0 Å². The first-order valence-corrected chi connectivity index (χ1v) is 9.91. The largest absolute Gasteiger partial charge is 0.311 e. The van der Waals surface area contributed by atoms with Gasteiger partial charge in [-0.05, 0) is 43.0 Å². The van der Waals surface area contributed by atoms with E-state index >= 15 is 0 Å². The molecule has 1 N–H and O–H groups in total. The average molecular weight is 388 g/mol. The zero-order valence-corrected chi connectivity index (χ0v) is 15.7. The van der Waals surface area contributed by atoms with Crippen LogP contribution in [0.4, 0.5) is 5.69 Å². The molecule has 1 aromatic heterocycles. The Labute approximate surface area is 155 Å². The fourth-order valence-corrected chi connectivity index (χ4v) is 4.17. The molecular formula is C17H16N4O3S2. The van der Waals surface area contributed by atoms with Gasteiger partial charge in [0.2, 0.25) is 0 Å². The molecule has 1 heterocycles. The molecule has 7 nitrogen and oxygen atoms in total. The van der Waals surface area contributed by atoms with Crippen LogP contribution in [0.1, 0.15) is 17.3 Å². The highest BCUT2D eigenvalue weighted by Gasteiger charge is 2.17. The summed E-state index contributed by atoms with van der Waals surface area (Å²) in [6.45, 7) is 1.43. The zero-order chi connectivity index (χ0) is 18.7. The van der Waals surface area contributed by atoms with E-state index in [1.807, 2.05) is 13.1 Å². The Morgan fingerprint density at radius 3 is 2.42 bits per heavy atom. The first kappa shape index (κ1) is 18.2. The monoisotopic (exact) mass is 388 g/mol. The van der Waals surface area contributed by atoms with Crippen LogP contribution in [0.25, 0.3) is 0 Å². The molecule has 0 atom stereocenters. The number of para-hydroxylation sites is 1. The molecule has 0 amide bonds. The van der Waals surface area contributed by atoms with Crippen LogP contribution in [0.5, 0.6) is 0 Å². The molecule has 0 spiro atoms. The number of rotatable bonds is 6. The Bertz CT molecular complexity index is 1040. The van der Waals surface area contributed by atoms with E-state index in [4.69, 9.17) is 0 Å². The molecule has 0 bridgehead atoms. The maximum atomic E-state index is 12.7. The first-order valence-electron chi connectivity index (χ1n) is 7.61. The molecule has 0 saturated carbocycles. The van der Waals surface area contributed by atoms with Crippen LogP contribution in [-0.4, -0.2) is 29.0 Å². The highest BCUT2D eigenvalue weighted by atomic mass is 32.2. The van der Waals surface area contributed by atoms with Crippen LogP contribution in [0, 0.1) is 0 Å². The van der Waals surface area contributed by atoms with E-state index in [-0.39, 0.29) is 10.7 Å². The van der Waals surface area contributed by atoms with E-state index < -0.39 is 10.0 Å². The number of carbonyl (C=O) groups excluding carboxylic acids is 1. The highest BCUT2D eigenvalue weighted by Crippen LogP contribution is 2.33. The van der Waals surface area contributed by atoms with Gasteiger partial charge in [-0.1, -0.05) is 24.3 Å². The van der Waals surface area contributed by atoms with E-state index in [9.17, 15) is 13.2 Å². The van der Waals surface area contributed by atoms with Crippen molar-refractivity contribution in [2.45, 2.75) is 21.9 Å². The van der Waals surface area contributed by atoms with Crippen molar-refractivity contribution in [3.63, 3.8) is 0 Å². The van der Waals surface area contributed by atoms with Crippen molar-refractivity contribution in [3.8, 4) is 0 Å². The van der Waals surface area contributed by atoms with Crippen LogP contribution >= 0.6 is 11.8 Å². The van der Waals surface area contributed by atoms with Crippen molar-refractivity contribution in [2.75, 3.05) is 4.72 Å². The van der Waals surface area contributed by atoms with Crippen LogP contribution in [0.2, 0.25) is 0 Å². The lowest BCUT2D eigenvalue weighted by molar-refractivity contribution is 0.101. The van der Waals surface area contributed by atoms with Crippen molar-refractivity contribution in [2.24, 2.45) is 7.05 Å². The SMILES string of the molecule is CC(=O)c1ccc(S(=O)(=O)Nc2ccccc2Sc2nncn2C)cc1.